The Kier molecular flexibility index (Phi) is 34.8. The largest absolute Gasteiger partial charge is 0 e. The molecule has 0 heterocycles. The number of hydrogen-bond donors (Lipinski definition) is 0. The van der Waals surface area contributed by atoms with Crippen LogP contribution in [0.5, 0.6) is 5.75 Å². The van der Waals surface area contributed by atoms with E-state index in [2.05, 4.69) is 26.5 Å². The van der Waals surface area contributed by atoms with E-state index >= 15 is 0 Å². The molecule has 0 saturated heterocycles. The predicted octanol–water partition coefficient (Wildman–Crippen LogP) is 2.22. The summed E-state index contributed by atoms with van der Waals surface area (Å²) in [5.41, 5.74) is 1.03. The minimum atomic E-state index is 0. The maximum atomic E-state index is 7.50. The van der Waals surface area contributed by atoms with Crippen LogP contribution < -0.4 is 4.74 Å². The second-order valence-corrected chi connectivity index (χ2v) is 1.95. The molecule has 0 N–H and O–H groups in total. The topological polar surface area (TPSA) is 68.9 Å². The molecule has 0 radical (unpaired) electrons. The van der Waals surface area contributed by atoms with E-state index in [0.717, 1.165) is 11.3 Å². The third-order valence-corrected chi connectivity index (χ3v) is 1.36. The average Bonchev–Trinajstić information content (AvgIpc) is 2.45. The van der Waals surface area contributed by atoms with Crippen LogP contribution in [0, 0.1) is 20.0 Å². The van der Waals surface area contributed by atoms with Crippen molar-refractivity contribution in [3.8, 4) is 5.75 Å². The van der Waals surface area contributed by atoms with Crippen LogP contribution in [0.4, 0.5) is 0 Å². The molecular weight excluding hydrogens is 260 g/mol. The van der Waals surface area contributed by atoms with Crippen molar-refractivity contribution in [3.63, 3.8) is 0 Å². The zero-order valence-corrected chi connectivity index (χ0v) is 10.4. The van der Waals surface area contributed by atoms with Gasteiger partial charge < -0.3 is 4.74 Å². The first-order valence-corrected chi connectivity index (χ1v) is 3.75. The first-order chi connectivity index (χ1) is 7.88. The van der Waals surface area contributed by atoms with Crippen molar-refractivity contribution in [1.29, 1.82) is 0 Å². The molecule has 0 saturated carbocycles. The summed E-state index contributed by atoms with van der Waals surface area (Å²) in [5, 5.41) is 0. The molecule has 0 bridgehead atoms. The Bertz CT molecular complexity index is 328. The SMILES string of the molecule is C=Cc1ccccc1OC.[C-]#[O+].[C-]#[O+].[C-]#[O+].[Cr]. The van der Waals surface area contributed by atoms with Gasteiger partial charge in [-0.05, 0) is 6.07 Å². The number of methoxy groups -OCH3 is 1. The Labute approximate surface area is 112 Å². The molecule has 0 atom stereocenters. The van der Waals surface area contributed by atoms with Gasteiger partial charge in [0.25, 0.3) is 0 Å². The first kappa shape index (κ1) is 24.7. The summed E-state index contributed by atoms with van der Waals surface area (Å²) in [6, 6.07) is 7.77. The maximum absolute atomic E-state index is 7.50. The van der Waals surface area contributed by atoms with Crippen LogP contribution in [0.2, 0.25) is 0 Å². The van der Waals surface area contributed by atoms with Crippen molar-refractivity contribution in [2.75, 3.05) is 7.11 Å². The van der Waals surface area contributed by atoms with E-state index in [1.807, 2.05) is 24.3 Å². The Morgan fingerprint density at radius 3 is 1.76 bits per heavy atom. The van der Waals surface area contributed by atoms with Crippen molar-refractivity contribution in [3.05, 3.63) is 56.4 Å². The van der Waals surface area contributed by atoms with Crippen LogP contribution in [0.15, 0.2) is 30.8 Å². The van der Waals surface area contributed by atoms with Gasteiger partial charge in [0.15, 0.2) is 0 Å². The predicted molar refractivity (Wildman–Crippen MR) is 54.9 cm³/mol. The van der Waals surface area contributed by atoms with Gasteiger partial charge in [0.05, 0.1) is 7.11 Å². The second kappa shape index (κ2) is 24.0. The van der Waals surface area contributed by atoms with Gasteiger partial charge >= 0.3 is 33.9 Å². The average molecular weight is 270 g/mol. The van der Waals surface area contributed by atoms with E-state index in [4.69, 9.17) is 18.7 Å². The van der Waals surface area contributed by atoms with Crippen LogP contribution in [0.25, 0.3) is 6.08 Å². The standard InChI is InChI=1S/C9H10O.3CO.Cr/c1-3-8-6-4-5-7-9(8)10-2;3*1-2;/h3-7H,1H2,2H3;;;;. The number of benzene rings is 1. The van der Waals surface area contributed by atoms with Crippen molar-refractivity contribution < 1.29 is 36.1 Å². The molecule has 4 nitrogen and oxygen atoms in total. The molecule has 1 aromatic carbocycles. The zero-order valence-electron chi connectivity index (χ0n) is 9.14. The molecule has 88 valence electrons. The Balaban J connectivity index is -0.000000106. The van der Waals surface area contributed by atoms with E-state index < -0.39 is 0 Å². The number of rotatable bonds is 2. The van der Waals surface area contributed by atoms with Gasteiger partial charge in [-0.25, -0.2) is 0 Å². The molecule has 17 heavy (non-hydrogen) atoms. The van der Waals surface area contributed by atoms with Crippen LogP contribution in [-0.2, 0) is 31.3 Å². The molecule has 0 aliphatic carbocycles. The molecule has 0 spiro atoms. The van der Waals surface area contributed by atoms with Crippen LogP contribution >= 0.6 is 0 Å². The quantitative estimate of drug-likeness (QED) is 0.600. The van der Waals surface area contributed by atoms with Gasteiger partial charge in [-0.15, -0.1) is 0 Å². The van der Waals surface area contributed by atoms with Crippen molar-refractivity contribution >= 4 is 6.08 Å². The first-order valence-electron chi connectivity index (χ1n) is 3.75. The summed E-state index contributed by atoms with van der Waals surface area (Å²) in [6.45, 7) is 17.2. The van der Waals surface area contributed by atoms with Crippen LogP contribution in [-0.4, -0.2) is 7.11 Å². The normalized spacial score (nSPS) is 5.59. The van der Waals surface area contributed by atoms with Gasteiger partial charge in [0, 0.05) is 22.9 Å². The van der Waals surface area contributed by atoms with Gasteiger partial charge in [-0.2, -0.15) is 0 Å². The molecular formula is C12H10CrO4. The summed E-state index contributed by atoms with van der Waals surface area (Å²) in [7, 11) is 1.66. The van der Waals surface area contributed by atoms with Crippen LogP contribution in [0.1, 0.15) is 5.56 Å². The number of para-hydroxylation sites is 1. The summed E-state index contributed by atoms with van der Waals surface area (Å²) in [4.78, 5) is 0. The monoisotopic (exact) mass is 270 g/mol. The summed E-state index contributed by atoms with van der Waals surface area (Å²) in [5.74, 6) is 0.873. The smallest absolute Gasteiger partial charge is 0 e. The fourth-order valence-corrected chi connectivity index (χ4v) is 0.835. The Hall–Kier alpha value is -1.49. The Morgan fingerprint density at radius 1 is 1.06 bits per heavy atom. The summed E-state index contributed by atoms with van der Waals surface area (Å²) < 4.78 is 27.6. The minimum absolute atomic E-state index is 0. The fourth-order valence-electron chi connectivity index (χ4n) is 0.835. The zero-order chi connectivity index (χ0) is 13.4. The molecule has 0 amide bonds. The minimum Gasteiger partial charge on any atom is 0 e. The molecule has 1 rings (SSSR count). The molecule has 0 aliphatic heterocycles. The van der Waals surface area contributed by atoms with Crippen molar-refractivity contribution in [1.82, 2.24) is 0 Å². The van der Waals surface area contributed by atoms with E-state index in [9.17, 15) is 0 Å². The summed E-state index contributed by atoms with van der Waals surface area (Å²) >= 11 is 0. The third kappa shape index (κ3) is 12.4. The van der Waals surface area contributed by atoms with Gasteiger partial charge in [-0.1, -0.05) is 30.9 Å². The second-order valence-electron chi connectivity index (χ2n) is 1.95. The number of hydrogen-bond acceptors (Lipinski definition) is 1. The van der Waals surface area contributed by atoms with E-state index in [1.54, 1.807) is 13.2 Å². The van der Waals surface area contributed by atoms with Crippen molar-refractivity contribution in [2.24, 2.45) is 0 Å². The van der Waals surface area contributed by atoms with Gasteiger partial charge in [0.1, 0.15) is 5.75 Å². The maximum Gasteiger partial charge on any atom is 0 e. The molecule has 0 fully saturated rings. The van der Waals surface area contributed by atoms with Gasteiger partial charge in [0.2, 0.25) is 0 Å². The Morgan fingerprint density at radius 2 is 1.47 bits per heavy atom. The van der Waals surface area contributed by atoms with Crippen LogP contribution in [0.3, 0.4) is 0 Å². The molecule has 5 heteroatoms. The third-order valence-electron chi connectivity index (χ3n) is 1.36. The van der Waals surface area contributed by atoms with Crippen molar-refractivity contribution in [2.45, 2.75) is 0 Å². The molecule has 0 aromatic heterocycles. The molecule has 0 unspecified atom stereocenters. The van der Waals surface area contributed by atoms with E-state index in [-0.39, 0.29) is 17.4 Å². The fraction of sp³-hybridized carbons (Fsp3) is 0.0833. The number of ether oxygens (including phenoxy) is 1. The van der Waals surface area contributed by atoms with Gasteiger partial charge in [-0.3, -0.25) is 0 Å². The van der Waals surface area contributed by atoms with E-state index in [0.29, 0.717) is 0 Å². The molecule has 0 aliphatic rings. The molecule has 1 aromatic rings. The van der Waals surface area contributed by atoms with E-state index in [1.165, 1.54) is 0 Å². The summed E-state index contributed by atoms with van der Waals surface area (Å²) in [6.07, 6.45) is 1.78.